The fourth-order valence-electron chi connectivity index (χ4n) is 2.55. The molecule has 0 spiro atoms. The van der Waals surface area contributed by atoms with Gasteiger partial charge in [0.15, 0.2) is 0 Å². The van der Waals surface area contributed by atoms with Gasteiger partial charge in [-0.1, -0.05) is 0 Å². The van der Waals surface area contributed by atoms with E-state index in [1.54, 1.807) is 39.8 Å². The number of hydrogen-bond donors (Lipinski definition) is 2. The van der Waals surface area contributed by atoms with Crippen LogP contribution in [-0.2, 0) is 9.53 Å². The second-order valence-corrected chi connectivity index (χ2v) is 6.31. The molecule has 2 N–H and O–H groups in total. The Morgan fingerprint density at radius 3 is 2.56 bits per heavy atom. The lowest BCUT2D eigenvalue weighted by molar-refractivity contribution is -0.383. The minimum Gasteiger partial charge on any atom is -0.463 e. The zero-order chi connectivity index (χ0) is 18.7. The third-order valence-electron chi connectivity index (χ3n) is 3.51. The Morgan fingerprint density at radius 1 is 1.28 bits per heavy atom. The molecule has 0 aliphatic carbocycles. The molecule has 0 aliphatic heterocycles. The van der Waals surface area contributed by atoms with E-state index in [9.17, 15) is 19.7 Å². The summed E-state index contributed by atoms with van der Waals surface area (Å²) in [5, 5.41) is 14.4. The summed E-state index contributed by atoms with van der Waals surface area (Å²) in [6.45, 7) is 6.94. The van der Waals surface area contributed by atoms with E-state index < -0.39 is 22.8 Å². The number of aryl methyl sites for hydroxylation is 1. The summed E-state index contributed by atoms with van der Waals surface area (Å²) in [5.74, 6) is -0.835. The van der Waals surface area contributed by atoms with Gasteiger partial charge in [0.1, 0.15) is 11.2 Å². The van der Waals surface area contributed by atoms with Gasteiger partial charge in [-0.15, -0.1) is 0 Å². The van der Waals surface area contributed by atoms with E-state index in [1.165, 1.54) is 6.07 Å². The number of benzene rings is 1. The van der Waals surface area contributed by atoms with Gasteiger partial charge in [0.25, 0.3) is 11.6 Å². The standard InChI is InChI=1S/C17H21N3O5/c1-9(2)25-15(21)7-11(4)18-17(22)13-8-12-5-10(3)6-14(20(23)24)16(12)19-13/h5-6,8-9,11,19H,7H2,1-4H3,(H,18,22). The molecule has 0 fully saturated rings. The molecule has 8 nitrogen and oxygen atoms in total. The topological polar surface area (TPSA) is 114 Å². The Hall–Kier alpha value is -2.90. The van der Waals surface area contributed by atoms with Crippen LogP contribution in [0.3, 0.4) is 0 Å². The zero-order valence-corrected chi connectivity index (χ0v) is 14.6. The fourth-order valence-corrected chi connectivity index (χ4v) is 2.55. The van der Waals surface area contributed by atoms with Crippen LogP contribution in [0.1, 0.15) is 43.2 Å². The van der Waals surface area contributed by atoms with E-state index in [0.29, 0.717) is 10.9 Å². The molecule has 1 heterocycles. The summed E-state index contributed by atoms with van der Waals surface area (Å²) >= 11 is 0. The van der Waals surface area contributed by atoms with Crippen LogP contribution >= 0.6 is 0 Å². The van der Waals surface area contributed by atoms with Gasteiger partial charge in [0, 0.05) is 17.5 Å². The maximum absolute atomic E-state index is 12.3. The Labute approximate surface area is 144 Å². The quantitative estimate of drug-likeness (QED) is 0.474. The number of fused-ring (bicyclic) bond motifs is 1. The molecule has 1 unspecified atom stereocenters. The fraction of sp³-hybridized carbons (Fsp3) is 0.412. The van der Waals surface area contributed by atoms with Crippen molar-refractivity contribution in [2.24, 2.45) is 0 Å². The minimum atomic E-state index is -0.488. The second-order valence-electron chi connectivity index (χ2n) is 6.31. The first kappa shape index (κ1) is 18.4. The predicted molar refractivity (Wildman–Crippen MR) is 92.5 cm³/mol. The lowest BCUT2D eigenvalue weighted by Gasteiger charge is -2.14. The number of aromatic nitrogens is 1. The number of carbonyl (C=O) groups is 2. The van der Waals surface area contributed by atoms with E-state index >= 15 is 0 Å². The normalized spacial score (nSPS) is 12.2. The number of nitro benzene ring substituents is 1. The highest BCUT2D eigenvalue weighted by atomic mass is 16.6. The van der Waals surface area contributed by atoms with Crippen molar-refractivity contribution in [3.8, 4) is 0 Å². The number of nitro groups is 1. The molecule has 0 aliphatic rings. The maximum Gasteiger partial charge on any atom is 0.308 e. The number of aromatic amines is 1. The molecule has 1 aromatic carbocycles. The zero-order valence-electron chi connectivity index (χ0n) is 14.6. The van der Waals surface area contributed by atoms with Gasteiger partial charge in [0.2, 0.25) is 0 Å². The van der Waals surface area contributed by atoms with Gasteiger partial charge in [0.05, 0.1) is 17.4 Å². The summed E-state index contributed by atoms with van der Waals surface area (Å²) in [4.78, 5) is 37.4. The van der Waals surface area contributed by atoms with Gasteiger partial charge in [-0.3, -0.25) is 19.7 Å². The van der Waals surface area contributed by atoms with Crippen LogP contribution in [0.4, 0.5) is 5.69 Å². The summed E-state index contributed by atoms with van der Waals surface area (Å²) in [5.41, 5.74) is 1.15. The lowest BCUT2D eigenvalue weighted by Crippen LogP contribution is -2.35. The van der Waals surface area contributed by atoms with Crippen LogP contribution in [0.2, 0.25) is 0 Å². The maximum atomic E-state index is 12.3. The lowest BCUT2D eigenvalue weighted by atomic mass is 10.1. The Morgan fingerprint density at radius 2 is 1.96 bits per heavy atom. The van der Waals surface area contributed by atoms with E-state index in [4.69, 9.17) is 4.74 Å². The SMILES string of the molecule is Cc1cc([N+](=O)[O-])c2[nH]c(C(=O)NC(C)CC(=O)OC(C)C)cc2c1. The van der Waals surface area contributed by atoms with E-state index in [-0.39, 0.29) is 23.9 Å². The van der Waals surface area contributed by atoms with E-state index in [1.807, 2.05) is 0 Å². The number of non-ortho nitro benzene ring substituents is 1. The highest BCUT2D eigenvalue weighted by molar-refractivity contribution is 6.00. The minimum absolute atomic E-state index is 0.0450. The smallest absolute Gasteiger partial charge is 0.308 e. The largest absolute Gasteiger partial charge is 0.463 e. The van der Waals surface area contributed by atoms with Crippen molar-refractivity contribution in [1.29, 1.82) is 0 Å². The average molecular weight is 347 g/mol. The molecule has 25 heavy (non-hydrogen) atoms. The molecule has 8 heteroatoms. The summed E-state index contributed by atoms with van der Waals surface area (Å²) in [6.07, 6.45) is -0.170. The molecular weight excluding hydrogens is 326 g/mol. The van der Waals surface area contributed by atoms with Crippen molar-refractivity contribution in [2.45, 2.75) is 46.3 Å². The van der Waals surface area contributed by atoms with Crippen molar-refractivity contribution in [3.05, 3.63) is 39.6 Å². The summed E-state index contributed by atoms with van der Waals surface area (Å²) in [6, 6.07) is 4.34. The monoisotopic (exact) mass is 347 g/mol. The van der Waals surface area contributed by atoms with Crippen LogP contribution in [0.25, 0.3) is 10.9 Å². The van der Waals surface area contributed by atoms with Crippen molar-refractivity contribution >= 4 is 28.5 Å². The number of carbonyl (C=O) groups excluding carboxylic acids is 2. The van der Waals surface area contributed by atoms with Gasteiger partial charge in [-0.25, -0.2) is 0 Å². The van der Waals surface area contributed by atoms with Crippen LogP contribution in [0, 0.1) is 17.0 Å². The first-order valence-electron chi connectivity index (χ1n) is 7.95. The van der Waals surface area contributed by atoms with E-state index in [2.05, 4.69) is 10.3 Å². The molecular formula is C17H21N3O5. The molecule has 0 bridgehead atoms. The molecule has 1 amide bonds. The molecule has 0 radical (unpaired) electrons. The second kappa shape index (κ2) is 7.33. The van der Waals surface area contributed by atoms with Gasteiger partial charge >= 0.3 is 5.97 Å². The Bertz CT molecular complexity index is 825. The number of esters is 1. The third kappa shape index (κ3) is 4.56. The Kier molecular flexibility index (Phi) is 5.41. The third-order valence-corrected chi connectivity index (χ3v) is 3.51. The number of rotatable bonds is 6. The average Bonchev–Trinajstić information content (AvgIpc) is 2.88. The molecule has 1 atom stereocenters. The predicted octanol–water partition coefficient (Wildman–Crippen LogP) is 2.84. The molecule has 2 aromatic rings. The number of nitrogens with one attached hydrogen (secondary N) is 2. The molecule has 1 aromatic heterocycles. The highest BCUT2D eigenvalue weighted by Crippen LogP contribution is 2.27. The number of H-pyrrole nitrogens is 1. The van der Waals surface area contributed by atoms with Crippen molar-refractivity contribution < 1.29 is 19.2 Å². The van der Waals surface area contributed by atoms with Gasteiger partial charge in [-0.05, 0) is 45.4 Å². The highest BCUT2D eigenvalue weighted by Gasteiger charge is 2.20. The number of amides is 1. The van der Waals surface area contributed by atoms with Gasteiger partial charge in [-0.2, -0.15) is 0 Å². The van der Waals surface area contributed by atoms with Crippen molar-refractivity contribution in [2.75, 3.05) is 0 Å². The number of hydrogen-bond acceptors (Lipinski definition) is 5. The summed E-state index contributed by atoms with van der Waals surface area (Å²) < 4.78 is 5.04. The van der Waals surface area contributed by atoms with Crippen molar-refractivity contribution in [3.63, 3.8) is 0 Å². The molecule has 0 saturated carbocycles. The van der Waals surface area contributed by atoms with Crippen LogP contribution in [-0.4, -0.2) is 33.9 Å². The van der Waals surface area contributed by atoms with Gasteiger partial charge < -0.3 is 15.0 Å². The first-order valence-corrected chi connectivity index (χ1v) is 7.95. The van der Waals surface area contributed by atoms with Crippen LogP contribution < -0.4 is 5.32 Å². The molecule has 134 valence electrons. The first-order chi connectivity index (χ1) is 11.7. The summed E-state index contributed by atoms with van der Waals surface area (Å²) in [7, 11) is 0. The Balaban J connectivity index is 2.16. The number of ether oxygens (including phenoxy) is 1. The van der Waals surface area contributed by atoms with E-state index in [0.717, 1.165) is 5.56 Å². The number of nitrogens with zero attached hydrogens (tertiary/aromatic N) is 1. The molecule has 0 saturated heterocycles. The molecule has 2 rings (SSSR count). The van der Waals surface area contributed by atoms with Crippen LogP contribution in [0.15, 0.2) is 18.2 Å². The van der Waals surface area contributed by atoms with Crippen molar-refractivity contribution in [1.82, 2.24) is 10.3 Å². The van der Waals surface area contributed by atoms with Crippen LogP contribution in [0.5, 0.6) is 0 Å².